The predicted molar refractivity (Wildman–Crippen MR) is 35.4 cm³/mol. The van der Waals surface area contributed by atoms with Crippen LogP contribution in [-0.4, -0.2) is 9.59 Å². The Morgan fingerprint density at radius 1 is 1.50 bits per heavy atom. The molecule has 0 radical (unpaired) electrons. The van der Waals surface area contributed by atoms with Crippen molar-refractivity contribution >= 4 is 17.8 Å². The predicted octanol–water partition coefficient (Wildman–Crippen LogP) is -0.603. The van der Waals surface area contributed by atoms with Crippen LogP contribution >= 0.6 is 11.5 Å². The van der Waals surface area contributed by atoms with E-state index in [1.807, 2.05) is 0 Å². The Labute approximate surface area is 60.3 Å². The minimum absolute atomic E-state index is 0.690. The van der Waals surface area contributed by atoms with Gasteiger partial charge in [-0.2, -0.15) is 0 Å². The number of nitrogens with zero attached hydrogens (tertiary/aromatic N) is 3. The van der Waals surface area contributed by atoms with Crippen molar-refractivity contribution < 1.29 is 4.74 Å². The average Bonchev–Trinajstić information content (AvgIpc) is 2.28. The molecule has 0 N–H and O–H groups in total. The number of rotatable bonds is 0. The molecule has 0 aliphatic carbocycles. The molecule has 2 heterocycles. The lowest BCUT2D eigenvalue weighted by atomic mass is 10.7. The maximum atomic E-state index is 4.88. The summed E-state index contributed by atoms with van der Waals surface area (Å²) in [6.07, 6.45) is 4.59. The molecule has 5 heteroatoms. The Morgan fingerprint density at radius 3 is 3.50 bits per heavy atom. The molecule has 10 heavy (non-hydrogen) atoms. The van der Waals surface area contributed by atoms with Crippen molar-refractivity contribution in [3.8, 4) is 0 Å². The first-order valence-corrected chi connectivity index (χ1v) is 3.41. The van der Waals surface area contributed by atoms with Crippen molar-refractivity contribution in [1.82, 2.24) is 9.59 Å². The first-order valence-electron chi connectivity index (χ1n) is 2.64. The van der Waals surface area contributed by atoms with Gasteiger partial charge in [-0.05, 0) is 0 Å². The molecule has 50 valence electrons. The quantitative estimate of drug-likeness (QED) is 0.500. The monoisotopic (exact) mass is 153 g/mol. The van der Waals surface area contributed by atoms with Gasteiger partial charge in [-0.25, -0.2) is 4.99 Å². The van der Waals surface area contributed by atoms with E-state index in [0.29, 0.717) is 5.35 Å². The fourth-order valence-corrected chi connectivity index (χ4v) is 1.09. The molecule has 1 aliphatic rings. The van der Waals surface area contributed by atoms with Crippen LogP contribution in [0, 0.1) is 0 Å². The van der Waals surface area contributed by atoms with Crippen LogP contribution in [0.1, 0.15) is 0 Å². The van der Waals surface area contributed by atoms with Crippen LogP contribution in [0.15, 0.2) is 17.5 Å². The van der Waals surface area contributed by atoms with E-state index in [2.05, 4.69) is 14.6 Å². The van der Waals surface area contributed by atoms with Gasteiger partial charge in [-0.1, -0.05) is 4.49 Å². The Bertz CT molecular complexity index is 366. The molecule has 1 aromatic heterocycles. The standard InChI is InChI=1S/C5H3N3OS/c1-2-9-3-4-5(6-1)10-8-7-4/h1-3H. The van der Waals surface area contributed by atoms with E-state index in [1.54, 1.807) is 6.20 Å². The highest BCUT2D eigenvalue weighted by molar-refractivity contribution is 7.02. The number of hydrogen-bond acceptors (Lipinski definition) is 5. The lowest BCUT2D eigenvalue weighted by molar-refractivity contribution is 0.458. The van der Waals surface area contributed by atoms with Crippen LogP contribution in [0.4, 0.5) is 0 Å². The fourth-order valence-electron chi connectivity index (χ4n) is 0.593. The van der Waals surface area contributed by atoms with Crippen molar-refractivity contribution in [2.75, 3.05) is 0 Å². The van der Waals surface area contributed by atoms with Gasteiger partial charge in [0.15, 0.2) is 10.0 Å². The molecule has 1 aromatic rings. The molecule has 0 atom stereocenters. The molecule has 4 nitrogen and oxygen atoms in total. The van der Waals surface area contributed by atoms with Gasteiger partial charge in [0.2, 0.25) is 0 Å². The Kier molecular flexibility index (Phi) is 1.21. The van der Waals surface area contributed by atoms with Crippen molar-refractivity contribution in [3.05, 3.63) is 22.5 Å². The summed E-state index contributed by atoms with van der Waals surface area (Å²) < 4.78 is 9.37. The van der Waals surface area contributed by atoms with Crippen molar-refractivity contribution in [2.45, 2.75) is 0 Å². The molecule has 2 rings (SSSR count). The second-order valence-electron chi connectivity index (χ2n) is 1.63. The first kappa shape index (κ1) is 5.55. The lowest BCUT2D eigenvalue weighted by Gasteiger charge is -1.79. The minimum atomic E-state index is 0.690. The van der Waals surface area contributed by atoms with Crippen LogP contribution < -0.4 is 10.0 Å². The van der Waals surface area contributed by atoms with Gasteiger partial charge in [0, 0.05) is 11.5 Å². The molecule has 0 amide bonds. The zero-order valence-corrected chi connectivity index (χ0v) is 5.71. The SMILES string of the molecule is C1=COC=c2nnsc2=N1. The Hall–Kier alpha value is -1.23. The lowest BCUT2D eigenvalue weighted by Crippen LogP contribution is -2.20. The molecule has 0 spiro atoms. The van der Waals surface area contributed by atoms with E-state index in [9.17, 15) is 0 Å². The van der Waals surface area contributed by atoms with Gasteiger partial charge >= 0.3 is 0 Å². The second-order valence-corrected chi connectivity index (χ2v) is 2.36. The van der Waals surface area contributed by atoms with E-state index in [0.717, 1.165) is 4.67 Å². The summed E-state index contributed by atoms with van der Waals surface area (Å²) in [4.78, 5) is 4.00. The maximum absolute atomic E-state index is 4.88. The summed E-state index contributed by atoms with van der Waals surface area (Å²) in [6, 6.07) is 0. The molecule has 1 aliphatic heterocycles. The van der Waals surface area contributed by atoms with E-state index in [4.69, 9.17) is 4.74 Å². The molecular weight excluding hydrogens is 150 g/mol. The summed E-state index contributed by atoms with van der Waals surface area (Å²) >= 11 is 1.25. The van der Waals surface area contributed by atoms with Crippen LogP contribution in [0.25, 0.3) is 6.26 Å². The summed E-state index contributed by atoms with van der Waals surface area (Å²) in [6.45, 7) is 0. The zero-order chi connectivity index (χ0) is 6.81. The summed E-state index contributed by atoms with van der Waals surface area (Å²) in [5, 5.41) is 4.46. The van der Waals surface area contributed by atoms with Crippen LogP contribution in [-0.2, 0) is 4.74 Å². The number of fused-ring (bicyclic) bond motifs is 1. The minimum Gasteiger partial charge on any atom is -0.469 e. The highest BCUT2D eigenvalue weighted by atomic mass is 32.1. The third-order valence-corrected chi connectivity index (χ3v) is 1.66. The van der Waals surface area contributed by atoms with Crippen LogP contribution in [0.2, 0.25) is 0 Å². The highest BCUT2D eigenvalue weighted by Crippen LogP contribution is 1.82. The third kappa shape index (κ3) is 0.801. The molecule has 0 bridgehead atoms. The van der Waals surface area contributed by atoms with E-state index >= 15 is 0 Å². The topological polar surface area (TPSA) is 47.4 Å². The Morgan fingerprint density at radius 2 is 2.50 bits per heavy atom. The van der Waals surface area contributed by atoms with Crippen molar-refractivity contribution in [3.63, 3.8) is 0 Å². The molecule has 0 fully saturated rings. The summed E-state index contributed by atoms with van der Waals surface area (Å²) in [5.41, 5.74) is 0. The number of aromatic nitrogens is 2. The number of ether oxygens (including phenoxy) is 1. The van der Waals surface area contributed by atoms with Gasteiger partial charge in [0.1, 0.15) is 12.5 Å². The summed E-state index contributed by atoms with van der Waals surface area (Å²) in [7, 11) is 0. The molecule has 0 aromatic carbocycles. The zero-order valence-electron chi connectivity index (χ0n) is 4.89. The highest BCUT2D eigenvalue weighted by Gasteiger charge is 1.92. The van der Waals surface area contributed by atoms with Gasteiger partial charge in [0.05, 0.1) is 6.20 Å². The van der Waals surface area contributed by atoms with Crippen molar-refractivity contribution in [2.24, 2.45) is 4.99 Å². The van der Waals surface area contributed by atoms with E-state index in [-0.39, 0.29) is 0 Å². The smallest absolute Gasteiger partial charge is 0.167 e. The molecule has 0 unspecified atom stereocenters. The van der Waals surface area contributed by atoms with E-state index < -0.39 is 0 Å². The van der Waals surface area contributed by atoms with Crippen LogP contribution in [0.5, 0.6) is 0 Å². The van der Waals surface area contributed by atoms with Gasteiger partial charge < -0.3 is 4.74 Å². The number of hydrogen-bond donors (Lipinski definition) is 0. The summed E-state index contributed by atoms with van der Waals surface area (Å²) in [5.74, 6) is 0. The molecule has 0 saturated heterocycles. The largest absolute Gasteiger partial charge is 0.469 e. The van der Waals surface area contributed by atoms with Gasteiger partial charge in [-0.3, -0.25) is 0 Å². The average molecular weight is 153 g/mol. The van der Waals surface area contributed by atoms with Gasteiger partial charge in [-0.15, -0.1) is 5.10 Å². The molecule has 0 saturated carbocycles. The third-order valence-electron chi connectivity index (χ3n) is 1.01. The van der Waals surface area contributed by atoms with E-state index in [1.165, 1.54) is 24.1 Å². The normalized spacial score (nSPS) is 14.0. The molecular formula is C5H3N3OS. The maximum Gasteiger partial charge on any atom is 0.167 e. The fraction of sp³-hybridized carbons (Fsp3) is 0. The van der Waals surface area contributed by atoms with Gasteiger partial charge in [0.25, 0.3) is 0 Å². The van der Waals surface area contributed by atoms with Crippen LogP contribution in [0.3, 0.4) is 0 Å². The van der Waals surface area contributed by atoms with Crippen molar-refractivity contribution in [1.29, 1.82) is 0 Å². The second kappa shape index (κ2) is 2.18. The Balaban J connectivity index is 2.82. The first-order chi connectivity index (χ1) is 4.97.